The molecule has 1 saturated heterocycles. The van der Waals surface area contributed by atoms with Gasteiger partial charge in [-0.2, -0.15) is 5.26 Å². The van der Waals surface area contributed by atoms with Crippen molar-refractivity contribution in [3.05, 3.63) is 95.1 Å². The molecule has 0 bridgehead atoms. The van der Waals surface area contributed by atoms with E-state index in [2.05, 4.69) is 16.3 Å². The molecule has 1 N–H and O–H groups in total. The van der Waals surface area contributed by atoms with Crippen molar-refractivity contribution >= 4 is 17.7 Å². The summed E-state index contributed by atoms with van der Waals surface area (Å²) in [5.41, 5.74) is 3.33. The van der Waals surface area contributed by atoms with Crippen molar-refractivity contribution in [2.24, 2.45) is 0 Å². The van der Waals surface area contributed by atoms with Gasteiger partial charge in [-0.3, -0.25) is 4.90 Å². The monoisotopic (exact) mass is 528 g/mol. The van der Waals surface area contributed by atoms with E-state index in [9.17, 15) is 9.59 Å². The summed E-state index contributed by atoms with van der Waals surface area (Å²) in [6, 6.07) is 23.9. The Labute approximate surface area is 228 Å². The van der Waals surface area contributed by atoms with Gasteiger partial charge in [-0.05, 0) is 47.5 Å². The van der Waals surface area contributed by atoms with E-state index in [-0.39, 0.29) is 12.1 Å². The van der Waals surface area contributed by atoms with Crippen molar-refractivity contribution in [3.63, 3.8) is 0 Å². The van der Waals surface area contributed by atoms with Crippen LogP contribution in [0.4, 0.5) is 10.5 Å². The number of benzene rings is 3. The average molecular weight is 529 g/mol. The number of piperazine rings is 1. The van der Waals surface area contributed by atoms with Crippen LogP contribution in [0.1, 0.15) is 33.2 Å². The first-order chi connectivity index (χ1) is 19.0. The number of carbonyl (C=O) groups is 2. The molecule has 0 aromatic heterocycles. The molecule has 4 rings (SSSR count). The molecule has 9 nitrogen and oxygen atoms in total. The summed E-state index contributed by atoms with van der Waals surface area (Å²) in [7, 11) is 2.95. The Hall–Kier alpha value is -4.39. The summed E-state index contributed by atoms with van der Waals surface area (Å²) >= 11 is 0. The lowest BCUT2D eigenvalue weighted by Gasteiger charge is -2.36. The molecule has 0 saturated carbocycles. The van der Waals surface area contributed by atoms with Crippen molar-refractivity contribution in [2.45, 2.75) is 12.7 Å². The maximum absolute atomic E-state index is 12.9. The number of hydrogen-bond donors (Lipinski definition) is 1. The van der Waals surface area contributed by atoms with E-state index < -0.39 is 5.97 Å². The fraction of sp³-hybridized carbons (Fsp3) is 0.300. The third kappa shape index (κ3) is 7.35. The highest BCUT2D eigenvalue weighted by Gasteiger charge is 2.25. The second-order valence-corrected chi connectivity index (χ2v) is 9.14. The van der Waals surface area contributed by atoms with Gasteiger partial charge in [0.2, 0.25) is 0 Å². The summed E-state index contributed by atoms with van der Waals surface area (Å²) in [6.45, 7) is 3.46. The van der Waals surface area contributed by atoms with E-state index in [1.165, 1.54) is 7.11 Å². The number of urea groups is 1. The number of nitrogens with zero attached hydrogens (tertiary/aromatic N) is 3. The highest BCUT2D eigenvalue weighted by atomic mass is 16.5. The maximum Gasteiger partial charge on any atom is 0.339 e. The van der Waals surface area contributed by atoms with Gasteiger partial charge in [0, 0.05) is 32.7 Å². The number of carbonyl (C=O) groups excluding carboxylic acids is 2. The van der Waals surface area contributed by atoms with Crippen LogP contribution >= 0.6 is 0 Å². The van der Waals surface area contributed by atoms with Gasteiger partial charge in [-0.15, -0.1) is 0 Å². The quantitative estimate of drug-likeness (QED) is 0.409. The molecule has 1 aliphatic rings. The molecule has 3 aromatic rings. The minimum atomic E-state index is -0.500. The number of nitriles is 1. The largest absolute Gasteiger partial charge is 0.497 e. The summed E-state index contributed by atoms with van der Waals surface area (Å²) in [4.78, 5) is 29.0. The third-order valence-corrected chi connectivity index (χ3v) is 6.66. The van der Waals surface area contributed by atoms with E-state index in [4.69, 9.17) is 19.5 Å². The molecule has 9 heteroatoms. The van der Waals surface area contributed by atoms with Crippen LogP contribution in [-0.2, 0) is 16.1 Å². The Morgan fingerprint density at radius 3 is 2.41 bits per heavy atom. The second-order valence-electron chi connectivity index (χ2n) is 9.14. The van der Waals surface area contributed by atoms with Crippen molar-refractivity contribution in [1.82, 2.24) is 9.80 Å². The predicted molar refractivity (Wildman–Crippen MR) is 146 cm³/mol. The van der Waals surface area contributed by atoms with Crippen LogP contribution in [0, 0.1) is 11.3 Å². The Bertz CT molecular complexity index is 1310. The number of amides is 2. The molecule has 1 fully saturated rings. The van der Waals surface area contributed by atoms with Crippen LogP contribution in [0.3, 0.4) is 0 Å². The summed E-state index contributed by atoms with van der Waals surface area (Å²) in [5.74, 6) is 0.258. The van der Waals surface area contributed by atoms with Crippen LogP contribution in [0.5, 0.6) is 5.75 Å². The fourth-order valence-electron chi connectivity index (χ4n) is 4.41. The minimum absolute atomic E-state index is 0.219. The molecule has 3 aromatic carbocycles. The van der Waals surface area contributed by atoms with E-state index in [0.717, 1.165) is 16.9 Å². The number of nitrogens with one attached hydrogen (secondary N) is 1. The summed E-state index contributed by atoms with van der Waals surface area (Å²) in [5, 5.41) is 11.9. The highest BCUT2D eigenvalue weighted by molar-refractivity contribution is 6.00. The topological polar surface area (TPSA) is 104 Å². The number of methoxy groups -OCH3 is 2. The van der Waals surface area contributed by atoms with Gasteiger partial charge in [0.15, 0.2) is 0 Å². The molecule has 0 unspecified atom stereocenters. The number of rotatable bonds is 9. The summed E-state index contributed by atoms with van der Waals surface area (Å²) < 4.78 is 16.6. The van der Waals surface area contributed by atoms with Crippen LogP contribution in [0.25, 0.3) is 0 Å². The molecular weight excluding hydrogens is 496 g/mol. The second kappa shape index (κ2) is 13.4. The van der Waals surface area contributed by atoms with Crippen molar-refractivity contribution in [1.29, 1.82) is 5.26 Å². The number of hydrogen-bond acceptors (Lipinski definition) is 7. The molecule has 0 aliphatic carbocycles. The van der Waals surface area contributed by atoms with Crippen LogP contribution in [0.15, 0.2) is 72.8 Å². The average Bonchev–Trinajstić information content (AvgIpc) is 2.99. The zero-order valence-electron chi connectivity index (χ0n) is 22.1. The van der Waals surface area contributed by atoms with Crippen LogP contribution in [-0.4, -0.2) is 68.7 Å². The third-order valence-electron chi connectivity index (χ3n) is 6.66. The lowest BCUT2D eigenvalue weighted by atomic mass is 10.1. The van der Waals surface area contributed by atoms with Gasteiger partial charge in [0.05, 0.1) is 49.8 Å². The van der Waals surface area contributed by atoms with Gasteiger partial charge in [0.1, 0.15) is 5.75 Å². The summed E-state index contributed by atoms with van der Waals surface area (Å²) in [6.07, 6.45) is -0.219. The predicted octanol–water partition coefficient (Wildman–Crippen LogP) is 4.46. The number of ether oxygens (including phenoxy) is 3. The Morgan fingerprint density at radius 1 is 0.974 bits per heavy atom. The minimum Gasteiger partial charge on any atom is -0.497 e. The van der Waals surface area contributed by atoms with Crippen LogP contribution < -0.4 is 10.1 Å². The zero-order chi connectivity index (χ0) is 27.6. The normalized spacial score (nSPS) is 14.2. The van der Waals surface area contributed by atoms with Crippen LogP contribution in [0.2, 0.25) is 0 Å². The lowest BCUT2D eigenvalue weighted by molar-refractivity contribution is 0.00584. The Balaban J connectivity index is 1.38. The smallest absolute Gasteiger partial charge is 0.339 e. The van der Waals surface area contributed by atoms with E-state index >= 15 is 0 Å². The van der Waals surface area contributed by atoms with Gasteiger partial charge in [-0.25, -0.2) is 9.59 Å². The molecule has 0 radical (unpaired) electrons. The van der Waals surface area contributed by atoms with Gasteiger partial charge >= 0.3 is 12.0 Å². The first-order valence-electron chi connectivity index (χ1n) is 12.7. The molecule has 1 heterocycles. The number of para-hydroxylation sites is 1. The number of esters is 1. The number of anilines is 1. The Morgan fingerprint density at radius 2 is 1.72 bits per heavy atom. The first kappa shape index (κ1) is 27.6. The maximum atomic E-state index is 12.9. The Kier molecular flexibility index (Phi) is 9.51. The first-order valence-corrected chi connectivity index (χ1v) is 12.7. The molecule has 0 spiro atoms. The van der Waals surface area contributed by atoms with Crippen molar-refractivity contribution in [2.75, 3.05) is 52.3 Å². The van der Waals surface area contributed by atoms with E-state index in [0.29, 0.717) is 56.1 Å². The van der Waals surface area contributed by atoms with Crippen molar-refractivity contribution in [3.8, 4) is 11.8 Å². The molecule has 2 amide bonds. The zero-order valence-corrected chi connectivity index (χ0v) is 22.1. The van der Waals surface area contributed by atoms with Crippen molar-refractivity contribution < 1.29 is 23.8 Å². The molecular formula is C30H32N4O5. The van der Waals surface area contributed by atoms with Gasteiger partial charge in [0.25, 0.3) is 0 Å². The molecule has 202 valence electrons. The molecule has 1 atom stereocenters. The highest BCUT2D eigenvalue weighted by Crippen LogP contribution is 2.25. The standard InChI is InChI=1S/C30H32N4O5/c1-37-25-7-5-6-24(18-25)28(39-21-23-12-10-22(19-31)11-13-23)20-33-14-16-34(17-15-33)30(36)32-27-9-4-3-8-26(27)29(35)38-2/h3-13,18,28H,14-17,20-21H2,1-2H3,(H,32,36)/t28-/m0/s1. The lowest BCUT2D eigenvalue weighted by Crippen LogP contribution is -2.51. The van der Waals surface area contributed by atoms with E-state index in [1.54, 1.807) is 48.4 Å². The molecule has 1 aliphatic heterocycles. The van der Waals surface area contributed by atoms with E-state index in [1.807, 2.05) is 36.4 Å². The fourth-order valence-corrected chi connectivity index (χ4v) is 4.41. The molecule has 39 heavy (non-hydrogen) atoms. The SMILES string of the molecule is COC(=O)c1ccccc1NC(=O)N1CCN(C[C@H](OCc2ccc(C#N)cc2)c2cccc(OC)c2)CC1. The van der Waals surface area contributed by atoms with Gasteiger partial charge in [-0.1, -0.05) is 36.4 Å². The van der Waals surface area contributed by atoms with Gasteiger partial charge < -0.3 is 24.4 Å².